The van der Waals surface area contributed by atoms with Gasteiger partial charge in [-0.25, -0.2) is 0 Å². The molecule has 1 aliphatic carbocycles. The Morgan fingerprint density at radius 1 is 1.00 bits per heavy atom. The van der Waals surface area contributed by atoms with Crippen LogP contribution in [0.2, 0.25) is 0 Å². The molecule has 0 radical (unpaired) electrons. The van der Waals surface area contributed by atoms with Crippen LogP contribution in [0.5, 0.6) is 0 Å². The van der Waals surface area contributed by atoms with Gasteiger partial charge in [0.25, 0.3) is 0 Å². The number of fused-ring (bicyclic) bond motifs is 1. The van der Waals surface area contributed by atoms with E-state index in [2.05, 4.69) is 42.5 Å². The van der Waals surface area contributed by atoms with E-state index in [4.69, 9.17) is 5.73 Å². The lowest BCUT2D eigenvalue weighted by molar-refractivity contribution is 0.638. The van der Waals surface area contributed by atoms with E-state index in [0.717, 1.165) is 5.92 Å². The summed E-state index contributed by atoms with van der Waals surface area (Å²) in [6, 6.07) is 15.2. The van der Waals surface area contributed by atoms with Crippen molar-refractivity contribution < 1.29 is 0 Å². The zero-order valence-electron chi connectivity index (χ0n) is 8.69. The van der Waals surface area contributed by atoms with Crippen LogP contribution in [0.4, 0.5) is 0 Å². The molecule has 1 atom stereocenters. The summed E-state index contributed by atoms with van der Waals surface area (Å²) in [6.45, 7) is 0. The molecule has 0 saturated heterocycles. The van der Waals surface area contributed by atoms with Gasteiger partial charge in [0, 0.05) is 6.04 Å². The van der Waals surface area contributed by atoms with Gasteiger partial charge in [-0.2, -0.15) is 0 Å². The van der Waals surface area contributed by atoms with Crippen molar-refractivity contribution in [2.45, 2.75) is 18.9 Å². The first kappa shape index (κ1) is 8.93. The third-order valence-electron chi connectivity index (χ3n) is 3.31. The Morgan fingerprint density at radius 3 is 2.53 bits per heavy atom. The van der Waals surface area contributed by atoms with E-state index in [1.807, 2.05) is 0 Å². The zero-order valence-corrected chi connectivity index (χ0v) is 8.69. The molecule has 1 fully saturated rings. The minimum absolute atomic E-state index is 0.232. The fourth-order valence-electron chi connectivity index (χ4n) is 2.25. The van der Waals surface area contributed by atoms with Crippen LogP contribution in [-0.2, 0) is 0 Å². The van der Waals surface area contributed by atoms with E-state index in [0.29, 0.717) is 0 Å². The van der Waals surface area contributed by atoms with Gasteiger partial charge in [0.15, 0.2) is 0 Å². The summed E-state index contributed by atoms with van der Waals surface area (Å²) in [5.41, 5.74) is 7.58. The molecule has 0 amide bonds. The Morgan fingerprint density at radius 2 is 1.73 bits per heavy atom. The van der Waals surface area contributed by atoms with Gasteiger partial charge in [-0.15, -0.1) is 0 Å². The first-order chi connectivity index (χ1) is 7.36. The molecule has 1 aliphatic rings. The summed E-state index contributed by atoms with van der Waals surface area (Å²) in [5, 5.41) is 2.62. The van der Waals surface area contributed by atoms with Crippen molar-refractivity contribution in [1.29, 1.82) is 0 Å². The molecule has 15 heavy (non-hydrogen) atoms. The Bertz CT molecular complexity index is 480. The largest absolute Gasteiger partial charge is 0.324 e. The van der Waals surface area contributed by atoms with Gasteiger partial charge in [0.2, 0.25) is 0 Å². The Labute approximate surface area is 89.9 Å². The van der Waals surface area contributed by atoms with Gasteiger partial charge < -0.3 is 5.73 Å². The highest BCUT2D eigenvalue weighted by Gasteiger charge is 2.30. The topological polar surface area (TPSA) is 26.0 Å². The van der Waals surface area contributed by atoms with Crippen LogP contribution in [0, 0.1) is 5.92 Å². The van der Waals surface area contributed by atoms with Gasteiger partial charge in [-0.3, -0.25) is 0 Å². The summed E-state index contributed by atoms with van der Waals surface area (Å²) >= 11 is 0. The Kier molecular flexibility index (Phi) is 2.00. The summed E-state index contributed by atoms with van der Waals surface area (Å²) in [4.78, 5) is 0. The first-order valence-electron chi connectivity index (χ1n) is 5.59. The molecule has 1 unspecified atom stereocenters. The Balaban J connectivity index is 2.16. The van der Waals surface area contributed by atoms with Crippen molar-refractivity contribution in [2.75, 3.05) is 0 Å². The van der Waals surface area contributed by atoms with Crippen molar-refractivity contribution in [2.24, 2.45) is 11.7 Å². The molecule has 3 rings (SSSR count). The van der Waals surface area contributed by atoms with Crippen LogP contribution in [0.3, 0.4) is 0 Å². The maximum absolute atomic E-state index is 6.27. The summed E-state index contributed by atoms with van der Waals surface area (Å²) in [6.07, 6.45) is 2.59. The lowest BCUT2D eigenvalue weighted by Crippen LogP contribution is -2.12. The fourth-order valence-corrected chi connectivity index (χ4v) is 2.25. The number of nitrogens with two attached hydrogens (primary N) is 1. The van der Waals surface area contributed by atoms with Crippen molar-refractivity contribution in [3.63, 3.8) is 0 Å². The number of benzene rings is 2. The maximum atomic E-state index is 6.27. The summed E-state index contributed by atoms with van der Waals surface area (Å²) < 4.78 is 0. The van der Waals surface area contributed by atoms with Gasteiger partial charge >= 0.3 is 0 Å². The highest BCUT2D eigenvalue weighted by atomic mass is 14.7. The van der Waals surface area contributed by atoms with Gasteiger partial charge in [-0.1, -0.05) is 42.5 Å². The molecule has 1 saturated carbocycles. The van der Waals surface area contributed by atoms with E-state index >= 15 is 0 Å². The average molecular weight is 197 g/mol. The second kappa shape index (κ2) is 3.35. The third kappa shape index (κ3) is 1.53. The molecule has 0 aromatic heterocycles. The highest BCUT2D eigenvalue weighted by Crippen LogP contribution is 2.41. The number of hydrogen-bond donors (Lipinski definition) is 1. The van der Waals surface area contributed by atoms with Crippen molar-refractivity contribution in [3.8, 4) is 0 Å². The molecule has 0 aliphatic heterocycles. The standard InChI is InChI=1S/C14H15N/c15-14(11-8-9-11)13-7-3-5-10-4-1-2-6-12(10)13/h1-7,11,14H,8-9,15H2. The van der Waals surface area contributed by atoms with Crippen molar-refractivity contribution >= 4 is 10.8 Å². The molecule has 76 valence electrons. The smallest absolute Gasteiger partial charge is 0.0329 e. The normalized spacial score (nSPS) is 17.9. The second-order valence-corrected chi connectivity index (χ2v) is 4.43. The van der Waals surface area contributed by atoms with E-state index in [1.165, 1.54) is 29.2 Å². The molecule has 2 aromatic rings. The minimum atomic E-state index is 0.232. The Hall–Kier alpha value is -1.34. The van der Waals surface area contributed by atoms with Crippen molar-refractivity contribution in [3.05, 3.63) is 48.0 Å². The molecule has 1 heteroatoms. The molecule has 2 N–H and O–H groups in total. The van der Waals surface area contributed by atoms with E-state index < -0.39 is 0 Å². The monoisotopic (exact) mass is 197 g/mol. The molecular formula is C14H15N. The third-order valence-corrected chi connectivity index (χ3v) is 3.31. The van der Waals surface area contributed by atoms with Gasteiger partial charge in [0.1, 0.15) is 0 Å². The fraction of sp³-hybridized carbons (Fsp3) is 0.286. The van der Waals surface area contributed by atoms with Crippen LogP contribution in [0.25, 0.3) is 10.8 Å². The lowest BCUT2D eigenvalue weighted by Gasteiger charge is -2.13. The molecule has 1 nitrogen and oxygen atoms in total. The summed E-state index contributed by atoms with van der Waals surface area (Å²) in [5.74, 6) is 0.718. The minimum Gasteiger partial charge on any atom is -0.324 e. The number of rotatable bonds is 2. The van der Waals surface area contributed by atoms with Crippen LogP contribution in [0.15, 0.2) is 42.5 Å². The predicted molar refractivity (Wildman–Crippen MR) is 63.6 cm³/mol. The predicted octanol–water partition coefficient (Wildman–Crippen LogP) is 3.25. The van der Waals surface area contributed by atoms with Crippen LogP contribution >= 0.6 is 0 Å². The van der Waals surface area contributed by atoms with E-state index in [9.17, 15) is 0 Å². The molecule has 0 spiro atoms. The van der Waals surface area contributed by atoms with Crippen molar-refractivity contribution in [1.82, 2.24) is 0 Å². The van der Waals surface area contributed by atoms with Crippen LogP contribution < -0.4 is 5.73 Å². The molecule has 0 bridgehead atoms. The lowest BCUT2D eigenvalue weighted by atomic mass is 9.97. The van der Waals surface area contributed by atoms with Crippen LogP contribution in [0.1, 0.15) is 24.4 Å². The van der Waals surface area contributed by atoms with E-state index in [1.54, 1.807) is 0 Å². The molecular weight excluding hydrogens is 182 g/mol. The van der Waals surface area contributed by atoms with Gasteiger partial charge in [-0.05, 0) is 35.1 Å². The molecule has 2 aromatic carbocycles. The zero-order chi connectivity index (χ0) is 10.3. The summed E-state index contributed by atoms with van der Waals surface area (Å²) in [7, 11) is 0. The van der Waals surface area contributed by atoms with Gasteiger partial charge in [0.05, 0.1) is 0 Å². The quantitative estimate of drug-likeness (QED) is 0.785. The SMILES string of the molecule is NC(c1cccc2ccccc12)C1CC1. The second-order valence-electron chi connectivity index (χ2n) is 4.43. The average Bonchev–Trinajstić information content (AvgIpc) is 3.11. The highest BCUT2D eigenvalue weighted by molar-refractivity contribution is 5.86. The maximum Gasteiger partial charge on any atom is 0.0329 e. The molecule has 0 heterocycles. The van der Waals surface area contributed by atoms with E-state index in [-0.39, 0.29) is 6.04 Å². The first-order valence-corrected chi connectivity index (χ1v) is 5.59. The number of hydrogen-bond acceptors (Lipinski definition) is 1. The van der Waals surface area contributed by atoms with Crippen LogP contribution in [-0.4, -0.2) is 0 Å².